The van der Waals surface area contributed by atoms with Gasteiger partial charge in [-0.15, -0.1) is 0 Å². The first-order chi connectivity index (χ1) is 13.8. The molecule has 29 heavy (non-hydrogen) atoms. The Kier molecular flexibility index (Phi) is 8.01. The lowest BCUT2D eigenvalue weighted by atomic mass is 9.93. The van der Waals surface area contributed by atoms with Crippen molar-refractivity contribution in [3.63, 3.8) is 0 Å². The molecule has 0 radical (unpaired) electrons. The Morgan fingerprint density at radius 3 is 2.69 bits per heavy atom. The summed E-state index contributed by atoms with van der Waals surface area (Å²) in [7, 11) is 0. The SMILES string of the molecule is CCCCCCOc1ccccc1C(=O)/C=N\n1c(=S)[nH]nc(C(C)(C)C)c1=O. The minimum atomic E-state index is -0.490. The molecule has 1 aromatic carbocycles. The molecule has 1 N–H and O–H groups in total. The van der Waals surface area contributed by atoms with Crippen LogP contribution in [0.1, 0.15) is 69.4 Å². The summed E-state index contributed by atoms with van der Waals surface area (Å²) in [5.41, 5.74) is -0.270. The van der Waals surface area contributed by atoms with Crippen LogP contribution in [0.25, 0.3) is 0 Å². The van der Waals surface area contributed by atoms with E-state index in [1.807, 2.05) is 26.8 Å². The van der Waals surface area contributed by atoms with Crippen molar-refractivity contribution >= 4 is 24.2 Å². The van der Waals surface area contributed by atoms with Crippen molar-refractivity contribution in [2.75, 3.05) is 6.61 Å². The van der Waals surface area contributed by atoms with Crippen LogP contribution in [-0.4, -0.2) is 33.5 Å². The second-order valence-corrected chi connectivity index (χ2v) is 8.15. The van der Waals surface area contributed by atoms with Crippen LogP contribution in [0, 0.1) is 4.77 Å². The van der Waals surface area contributed by atoms with E-state index in [0.29, 0.717) is 17.9 Å². The van der Waals surface area contributed by atoms with Gasteiger partial charge in [0.25, 0.3) is 5.56 Å². The van der Waals surface area contributed by atoms with E-state index in [1.54, 1.807) is 18.2 Å². The Balaban J connectivity index is 2.22. The average Bonchev–Trinajstić information content (AvgIpc) is 2.66. The molecule has 2 rings (SSSR count). The van der Waals surface area contributed by atoms with Gasteiger partial charge >= 0.3 is 0 Å². The number of nitrogens with zero attached hydrogens (tertiary/aromatic N) is 3. The topological polar surface area (TPSA) is 89.3 Å². The molecule has 0 spiro atoms. The summed E-state index contributed by atoms with van der Waals surface area (Å²) in [6, 6.07) is 7.00. The number of aromatic nitrogens is 3. The van der Waals surface area contributed by atoms with Gasteiger partial charge in [0.15, 0.2) is 0 Å². The summed E-state index contributed by atoms with van der Waals surface area (Å²) in [6.45, 7) is 8.28. The van der Waals surface area contributed by atoms with Gasteiger partial charge in [-0.3, -0.25) is 14.7 Å². The highest BCUT2D eigenvalue weighted by Crippen LogP contribution is 2.19. The molecule has 0 aliphatic carbocycles. The zero-order chi connectivity index (χ0) is 21.4. The summed E-state index contributed by atoms with van der Waals surface area (Å²) in [5.74, 6) is 0.132. The largest absolute Gasteiger partial charge is 0.493 e. The molecule has 156 valence electrons. The van der Waals surface area contributed by atoms with Crippen LogP contribution >= 0.6 is 12.2 Å². The first-order valence-corrected chi connectivity index (χ1v) is 10.2. The molecule has 0 saturated heterocycles. The fraction of sp³-hybridized carbons (Fsp3) is 0.476. The van der Waals surface area contributed by atoms with Crippen LogP contribution in [-0.2, 0) is 5.41 Å². The average molecular weight is 417 g/mol. The summed E-state index contributed by atoms with van der Waals surface area (Å²) in [6.07, 6.45) is 5.42. The molecule has 0 fully saturated rings. The van der Waals surface area contributed by atoms with Crippen molar-refractivity contribution in [1.82, 2.24) is 14.9 Å². The number of carbonyl (C=O) groups excluding carboxylic acids is 1. The lowest BCUT2D eigenvalue weighted by Gasteiger charge is -2.16. The van der Waals surface area contributed by atoms with Gasteiger partial charge in [0.05, 0.1) is 18.4 Å². The van der Waals surface area contributed by atoms with E-state index in [4.69, 9.17) is 17.0 Å². The minimum absolute atomic E-state index is 0.0208. The second kappa shape index (κ2) is 10.2. The van der Waals surface area contributed by atoms with Crippen LogP contribution in [0.3, 0.4) is 0 Å². The van der Waals surface area contributed by atoms with E-state index in [-0.39, 0.29) is 16.2 Å². The van der Waals surface area contributed by atoms with Crippen LogP contribution in [0.15, 0.2) is 34.2 Å². The summed E-state index contributed by atoms with van der Waals surface area (Å²) in [5, 5.41) is 10.7. The number of hydrogen-bond donors (Lipinski definition) is 1. The fourth-order valence-electron chi connectivity index (χ4n) is 2.67. The van der Waals surface area contributed by atoms with Crippen molar-refractivity contribution in [2.45, 2.75) is 58.8 Å². The highest BCUT2D eigenvalue weighted by atomic mass is 32.1. The molecule has 0 amide bonds. The smallest absolute Gasteiger partial charge is 0.297 e. The molecule has 1 aromatic heterocycles. The Labute approximate surface area is 175 Å². The number of H-pyrrole nitrogens is 1. The lowest BCUT2D eigenvalue weighted by molar-refractivity contribution is 0.106. The van der Waals surface area contributed by atoms with Gasteiger partial charge in [-0.05, 0) is 30.8 Å². The van der Waals surface area contributed by atoms with Crippen molar-refractivity contribution < 1.29 is 9.53 Å². The van der Waals surface area contributed by atoms with Crippen LogP contribution in [0.2, 0.25) is 0 Å². The highest BCUT2D eigenvalue weighted by molar-refractivity contribution is 7.71. The molecule has 0 bridgehead atoms. The lowest BCUT2D eigenvalue weighted by Crippen LogP contribution is -2.32. The predicted molar refractivity (Wildman–Crippen MR) is 117 cm³/mol. The number of unbranched alkanes of at least 4 members (excludes halogenated alkanes) is 3. The Bertz CT molecular complexity index is 986. The number of ketones is 1. The van der Waals surface area contributed by atoms with E-state index < -0.39 is 11.0 Å². The number of carbonyl (C=O) groups is 1. The van der Waals surface area contributed by atoms with Gasteiger partial charge in [-0.1, -0.05) is 59.1 Å². The molecule has 0 atom stereocenters. The molecule has 2 aromatic rings. The van der Waals surface area contributed by atoms with Crippen molar-refractivity contribution in [2.24, 2.45) is 5.10 Å². The first kappa shape index (κ1) is 22.7. The highest BCUT2D eigenvalue weighted by Gasteiger charge is 2.21. The van der Waals surface area contributed by atoms with Crippen molar-refractivity contribution in [3.8, 4) is 5.75 Å². The maximum Gasteiger partial charge on any atom is 0.297 e. The number of ether oxygens (including phenoxy) is 1. The summed E-state index contributed by atoms with van der Waals surface area (Å²) < 4.78 is 6.78. The predicted octanol–water partition coefficient (Wildman–Crippen LogP) is 4.27. The van der Waals surface area contributed by atoms with Gasteiger partial charge in [0, 0.05) is 5.41 Å². The Morgan fingerprint density at radius 2 is 2.00 bits per heavy atom. The number of rotatable bonds is 9. The third-order valence-corrected chi connectivity index (χ3v) is 4.52. The Morgan fingerprint density at radius 1 is 1.28 bits per heavy atom. The fourth-order valence-corrected chi connectivity index (χ4v) is 2.85. The zero-order valence-corrected chi connectivity index (χ0v) is 18.2. The van der Waals surface area contributed by atoms with Crippen LogP contribution in [0.4, 0.5) is 0 Å². The normalized spacial score (nSPS) is 11.7. The molecule has 0 unspecified atom stereocenters. The number of hydrogen-bond acceptors (Lipinski definition) is 6. The quantitative estimate of drug-likeness (QED) is 0.285. The number of benzene rings is 1. The molecule has 0 aliphatic heterocycles. The van der Waals surface area contributed by atoms with Gasteiger partial charge in [-0.25, -0.2) is 0 Å². The molecule has 7 nitrogen and oxygen atoms in total. The number of para-hydroxylation sites is 1. The standard InChI is InChI=1S/C21H28N4O3S/c1-5-6-7-10-13-28-17-12-9-8-11-15(17)16(26)14-22-25-19(27)18(21(2,3)4)23-24-20(25)29/h8-9,11-12,14H,5-7,10,13H2,1-4H3,(H,24,29)/b22-14-. The van der Waals surface area contributed by atoms with E-state index >= 15 is 0 Å². The molecular weight excluding hydrogens is 388 g/mol. The summed E-state index contributed by atoms with van der Waals surface area (Å²) in [4.78, 5) is 25.3. The minimum Gasteiger partial charge on any atom is -0.493 e. The Hall–Kier alpha value is -2.61. The molecule has 8 heteroatoms. The third-order valence-electron chi connectivity index (χ3n) is 4.26. The molecular formula is C21H28N4O3S. The zero-order valence-electron chi connectivity index (χ0n) is 17.4. The van der Waals surface area contributed by atoms with Gasteiger partial charge in [0.2, 0.25) is 10.6 Å². The number of Topliss-reactive ketones (excluding diaryl/α,β-unsaturated/α-hetero) is 1. The van der Waals surface area contributed by atoms with Gasteiger partial charge < -0.3 is 4.74 Å². The van der Waals surface area contributed by atoms with E-state index in [2.05, 4.69) is 22.2 Å². The maximum atomic E-state index is 12.7. The summed E-state index contributed by atoms with van der Waals surface area (Å²) >= 11 is 5.10. The van der Waals surface area contributed by atoms with Crippen LogP contribution < -0.4 is 10.3 Å². The third kappa shape index (κ3) is 6.19. The molecule has 1 heterocycles. The number of nitrogens with one attached hydrogen (secondary N) is 1. The number of aromatic amines is 1. The van der Waals surface area contributed by atoms with Gasteiger partial charge in [-0.2, -0.15) is 14.9 Å². The monoisotopic (exact) mass is 416 g/mol. The second-order valence-electron chi connectivity index (χ2n) is 7.76. The van der Waals surface area contributed by atoms with Crippen molar-refractivity contribution in [3.05, 3.63) is 50.6 Å². The molecule has 0 saturated carbocycles. The molecule has 0 aliphatic rings. The van der Waals surface area contributed by atoms with Crippen LogP contribution in [0.5, 0.6) is 5.75 Å². The van der Waals surface area contributed by atoms with E-state index in [1.165, 1.54) is 0 Å². The first-order valence-electron chi connectivity index (χ1n) is 9.78. The maximum absolute atomic E-state index is 12.7. The van der Waals surface area contributed by atoms with Crippen molar-refractivity contribution in [1.29, 1.82) is 0 Å². The van der Waals surface area contributed by atoms with E-state index in [0.717, 1.165) is 36.6 Å². The van der Waals surface area contributed by atoms with Gasteiger partial charge in [0.1, 0.15) is 11.4 Å². The van der Waals surface area contributed by atoms with E-state index in [9.17, 15) is 9.59 Å².